The lowest BCUT2D eigenvalue weighted by atomic mass is 10.2. The standard InChI is InChI=1S/C12H11N7O/c20-11(13-6-9-4-2-1-3-5-9)10-16-12(18-17-10)19-7-14-15-8-19/h1-5,7-8H,6H2,(H,13,20)(H,16,17,18). The maximum atomic E-state index is 11.9. The molecule has 20 heavy (non-hydrogen) atoms. The molecule has 0 atom stereocenters. The van der Waals surface area contributed by atoms with Crippen LogP contribution in [-0.2, 0) is 6.54 Å². The molecule has 3 aromatic rings. The van der Waals surface area contributed by atoms with Crippen molar-refractivity contribution in [3.8, 4) is 5.95 Å². The van der Waals surface area contributed by atoms with Crippen molar-refractivity contribution < 1.29 is 4.79 Å². The third-order valence-corrected chi connectivity index (χ3v) is 2.63. The molecule has 2 N–H and O–H groups in total. The van der Waals surface area contributed by atoms with Crippen LogP contribution in [0.1, 0.15) is 16.2 Å². The Bertz CT molecular complexity index is 690. The van der Waals surface area contributed by atoms with Crippen LogP contribution in [0.4, 0.5) is 0 Å². The van der Waals surface area contributed by atoms with Gasteiger partial charge < -0.3 is 5.32 Å². The van der Waals surface area contributed by atoms with Crippen LogP contribution in [0.3, 0.4) is 0 Å². The van der Waals surface area contributed by atoms with E-state index < -0.39 is 0 Å². The number of hydrogen-bond donors (Lipinski definition) is 2. The molecule has 100 valence electrons. The lowest BCUT2D eigenvalue weighted by Gasteiger charge is -2.02. The maximum absolute atomic E-state index is 11.9. The van der Waals surface area contributed by atoms with Crippen molar-refractivity contribution in [3.63, 3.8) is 0 Å². The fraction of sp³-hybridized carbons (Fsp3) is 0.0833. The molecule has 0 unspecified atom stereocenters. The normalized spacial score (nSPS) is 10.4. The summed E-state index contributed by atoms with van der Waals surface area (Å²) in [7, 11) is 0. The molecule has 0 radical (unpaired) electrons. The molecule has 8 heteroatoms. The zero-order valence-corrected chi connectivity index (χ0v) is 10.4. The molecule has 8 nitrogen and oxygen atoms in total. The van der Waals surface area contributed by atoms with E-state index in [9.17, 15) is 4.79 Å². The first-order valence-electron chi connectivity index (χ1n) is 5.92. The van der Waals surface area contributed by atoms with Crippen molar-refractivity contribution >= 4 is 5.91 Å². The molecule has 3 rings (SSSR count). The van der Waals surface area contributed by atoms with Gasteiger partial charge in [0.15, 0.2) is 0 Å². The number of aromatic nitrogens is 6. The van der Waals surface area contributed by atoms with Crippen LogP contribution in [0, 0.1) is 0 Å². The number of benzene rings is 1. The Morgan fingerprint density at radius 2 is 1.95 bits per heavy atom. The van der Waals surface area contributed by atoms with E-state index in [0.29, 0.717) is 12.5 Å². The van der Waals surface area contributed by atoms with Gasteiger partial charge in [-0.25, -0.2) is 0 Å². The van der Waals surface area contributed by atoms with E-state index in [1.807, 2.05) is 30.3 Å². The molecule has 0 aliphatic rings. The van der Waals surface area contributed by atoms with Crippen LogP contribution < -0.4 is 5.32 Å². The summed E-state index contributed by atoms with van der Waals surface area (Å²) >= 11 is 0. The quantitative estimate of drug-likeness (QED) is 0.710. The first-order valence-corrected chi connectivity index (χ1v) is 5.92. The van der Waals surface area contributed by atoms with E-state index in [4.69, 9.17) is 0 Å². The van der Waals surface area contributed by atoms with Crippen molar-refractivity contribution in [1.29, 1.82) is 0 Å². The molecule has 2 aromatic heterocycles. The molecular formula is C12H11N7O. The second-order valence-corrected chi connectivity index (χ2v) is 4.02. The fourth-order valence-electron chi connectivity index (χ4n) is 1.64. The fourth-order valence-corrected chi connectivity index (χ4v) is 1.64. The maximum Gasteiger partial charge on any atom is 0.288 e. The second-order valence-electron chi connectivity index (χ2n) is 4.02. The molecule has 0 saturated heterocycles. The zero-order valence-electron chi connectivity index (χ0n) is 10.4. The van der Waals surface area contributed by atoms with Crippen LogP contribution in [0.15, 0.2) is 43.0 Å². The van der Waals surface area contributed by atoms with Gasteiger partial charge in [-0.1, -0.05) is 30.3 Å². The van der Waals surface area contributed by atoms with Gasteiger partial charge in [0, 0.05) is 6.54 Å². The van der Waals surface area contributed by atoms with Gasteiger partial charge in [-0.15, -0.1) is 15.3 Å². The van der Waals surface area contributed by atoms with E-state index in [2.05, 4.69) is 30.7 Å². The Balaban J connectivity index is 1.66. The number of nitrogens with zero attached hydrogens (tertiary/aromatic N) is 5. The van der Waals surface area contributed by atoms with E-state index in [-0.39, 0.29) is 11.7 Å². The predicted octanol–water partition coefficient (Wildman–Crippen LogP) is 0.315. The number of aromatic amines is 1. The SMILES string of the molecule is O=C(NCc1ccccc1)c1nc(-n2cnnc2)n[nH]1. The smallest absolute Gasteiger partial charge is 0.288 e. The summed E-state index contributed by atoms with van der Waals surface area (Å²) in [6.45, 7) is 0.433. The number of nitrogens with one attached hydrogen (secondary N) is 2. The minimum Gasteiger partial charge on any atom is -0.345 e. The van der Waals surface area contributed by atoms with E-state index in [0.717, 1.165) is 5.56 Å². The molecule has 1 aromatic carbocycles. The summed E-state index contributed by atoms with van der Waals surface area (Å²) in [5, 5.41) is 16.6. The van der Waals surface area contributed by atoms with Gasteiger partial charge in [-0.2, -0.15) is 4.98 Å². The molecular weight excluding hydrogens is 258 g/mol. The summed E-state index contributed by atoms with van der Waals surface area (Å²) in [6, 6.07) is 9.62. The van der Waals surface area contributed by atoms with Crippen LogP contribution >= 0.6 is 0 Å². The first-order chi connectivity index (χ1) is 9.83. The highest BCUT2D eigenvalue weighted by Gasteiger charge is 2.12. The average Bonchev–Trinajstić information content (AvgIpc) is 3.16. The summed E-state index contributed by atoms with van der Waals surface area (Å²) < 4.78 is 1.50. The van der Waals surface area contributed by atoms with Gasteiger partial charge in [0.05, 0.1) is 0 Å². The van der Waals surface area contributed by atoms with Crippen LogP contribution in [-0.4, -0.2) is 35.9 Å². The van der Waals surface area contributed by atoms with Gasteiger partial charge in [0.1, 0.15) is 12.7 Å². The summed E-state index contributed by atoms with van der Waals surface area (Å²) in [5.41, 5.74) is 1.01. The molecule has 0 bridgehead atoms. The number of hydrogen-bond acceptors (Lipinski definition) is 5. The van der Waals surface area contributed by atoms with Crippen molar-refractivity contribution in [1.82, 2.24) is 35.3 Å². The van der Waals surface area contributed by atoms with Gasteiger partial charge in [-0.3, -0.25) is 14.5 Å². The van der Waals surface area contributed by atoms with Crippen molar-refractivity contribution in [2.24, 2.45) is 0 Å². The monoisotopic (exact) mass is 269 g/mol. The Kier molecular flexibility index (Phi) is 3.19. The number of carbonyl (C=O) groups excluding carboxylic acids is 1. The summed E-state index contributed by atoms with van der Waals surface area (Å²) in [5.74, 6) is 0.144. The van der Waals surface area contributed by atoms with E-state index in [1.165, 1.54) is 17.2 Å². The summed E-state index contributed by atoms with van der Waals surface area (Å²) in [4.78, 5) is 16.0. The lowest BCUT2D eigenvalue weighted by Crippen LogP contribution is -2.24. The topological polar surface area (TPSA) is 101 Å². The van der Waals surface area contributed by atoms with Crippen LogP contribution in [0.25, 0.3) is 5.95 Å². The number of amides is 1. The minimum absolute atomic E-state index is 0.143. The zero-order chi connectivity index (χ0) is 13.8. The molecule has 0 spiro atoms. The highest BCUT2D eigenvalue weighted by molar-refractivity contribution is 5.90. The van der Waals surface area contributed by atoms with Crippen LogP contribution in [0.5, 0.6) is 0 Å². The Morgan fingerprint density at radius 1 is 1.20 bits per heavy atom. The third kappa shape index (κ3) is 2.53. The number of H-pyrrole nitrogens is 1. The van der Waals surface area contributed by atoms with Crippen molar-refractivity contribution in [2.75, 3.05) is 0 Å². The van der Waals surface area contributed by atoms with E-state index >= 15 is 0 Å². The molecule has 1 amide bonds. The summed E-state index contributed by atoms with van der Waals surface area (Å²) in [6.07, 6.45) is 2.91. The van der Waals surface area contributed by atoms with Gasteiger partial charge in [-0.05, 0) is 5.56 Å². The largest absolute Gasteiger partial charge is 0.345 e. The Hall–Kier alpha value is -3.03. The van der Waals surface area contributed by atoms with Crippen LogP contribution in [0.2, 0.25) is 0 Å². The molecule has 2 heterocycles. The molecule has 0 aliphatic heterocycles. The Morgan fingerprint density at radius 3 is 2.70 bits per heavy atom. The second kappa shape index (κ2) is 5.31. The minimum atomic E-state index is -0.319. The van der Waals surface area contributed by atoms with Gasteiger partial charge >= 0.3 is 0 Å². The Labute approximate surface area is 113 Å². The van der Waals surface area contributed by atoms with Gasteiger partial charge in [0.25, 0.3) is 11.9 Å². The van der Waals surface area contributed by atoms with Crippen molar-refractivity contribution in [2.45, 2.75) is 6.54 Å². The van der Waals surface area contributed by atoms with E-state index in [1.54, 1.807) is 0 Å². The molecule has 0 aliphatic carbocycles. The predicted molar refractivity (Wildman–Crippen MR) is 68.9 cm³/mol. The third-order valence-electron chi connectivity index (χ3n) is 2.63. The molecule has 0 saturated carbocycles. The highest BCUT2D eigenvalue weighted by atomic mass is 16.2. The number of rotatable bonds is 4. The number of carbonyl (C=O) groups is 1. The lowest BCUT2D eigenvalue weighted by molar-refractivity contribution is 0.0941. The average molecular weight is 269 g/mol. The van der Waals surface area contributed by atoms with Gasteiger partial charge in [0.2, 0.25) is 5.82 Å². The molecule has 0 fully saturated rings. The highest BCUT2D eigenvalue weighted by Crippen LogP contribution is 2.01. The first kappa shape index (κ1) is 12.0. The van der Waals surface area contributed by atoms with Crippen molar-refractivity contribution in [3.05, 3.63) is 54.4 Å².